The van der Waals surface area contributed by atoms with Gasteiger partial charge in [0.25, 0.3) is 0 Å². The van der Waals surface area contributed by atoms with E-state index in [1.54, 1.807) is 58.2 Å². The number of aryl methyl sites for hydroxylation is 1. The Kier molecular flexibility index (Phi) is 45.5. The summed E-state index contributed by atoms with van der Waals surface area (Å²) in [6, 6.07) is 5.48. The molecule has 0 radical (unpaired) electrons. The largest absolute Gasteiger partial charge is 0.481 e. The van der Waals surface area contributed by atoms with Crippen LogP contribution in [0.5, 0.6) is 0 Å². The highest BCUT2D eigenvalue weighted by Crippen LogP contribution is 2.26. The number of fused-ring (bicyclic) bond motifs is 1. The molecule has 4 aromatic rings. The van der Waals surface area contributed by atoms with Crippen molar-refractivity contribution in [1.82, 2.24) is 63.5 Å². The highest BCUT2D eigenvalue weighted by atomic mass is 16.6. The number of H-pyrrole nitrogens is 1. The summed E-state index contributed by atoms with van der Waals surface area (Å²) >= 11 is 0. The Hall–Kier alpha value is -14.0. The van der Waals surface area contributed by atoms with Crippen molar-refractivity contribution in [3.8, 4) is 0 Å². The lowest BCUT2D eigenvalue weighted by Gasteiger charge is -2.29. The molecule has 3 aromatic carbocycles. The molecule has 0 unspecified atom stereocenters. The van der Waals surface area contributed by atoms with E-state index in [1.807, 2.05) is 24.3 Å². The summed E-state index contributed by atoms with van der Waals surface area (Å²) in [6.07, 6.45) is -2.76. The number of carboxylic acids is 2. The van der Waals surface area contributed by atoms with Crippen LogP contribution in [0.1, 0.15) is 173 Å². The molecule has 0 aliphatic carbocycles. The molecule has 5 rings (SSSR count). The van der Waals surface area contributed by atoms with Crippen molar-refractivity contribution in [2.75, 3.05) is 32.0 Å². The van der Waals surface area contributed by atoms with Gasteiger partial charge in [-0.15, -0.1) is 0 Å². The van der Waals surface area contributed by atoms with Crippen LogP contribution in [-0.2, 0) is 123 Å². The van der Waals surface area contributed by atoms with Crippen LogP contribution in [0, 0.1) is 23.7 Å². The number of anilines is 1. The number of aliphatic carboxylic acids is 2. The van der Waals surface area contributed by atoms with E-state index >= 15 is 0 Å². The van der Waals surface area contributed by atoms with Crippen LogP contribution >= 0.6 is 0 Å². The SMILES string of the molecule is CCCCCc1ccc(/C(C)=C/C(=O)N[C@@H](Cc2c[nH]c3ccccc23)C(=O)N[C@H](CC(N)=O)C(=O)C[C@@H](C)C(=O)N[C@@H]2C(=O)NCC(=O)N[C@@H](CCCNC(=O)OC(C)(C)C)C(=O)N[C@@H](CC(=O)O)C(=O)C[C@H](C)C(=O)N[C@@H](C)C(=O)NCC(=O)N[C@H](CO)C(=O)C[C@@H]([C@H](C)CC(=O)O)C(=O)N[C@@H](CC(=O)c3ccccc3N)C(=O)O[C@@H]2C)cc1.O=C=O.O=C=O. The number of ketones is 4. The highest BCUT2D eigenvalue weighted by molar-refractivity contribution is 6.05. The van der Waals surface area contributed by atoms with Gasteiger partial charge in [0.05, 0.1) is 44.6 Å². The minimum Gasteiger partial charge on any atom is -0.481 e. The number of amides is 12. The molecule has 690 valence electrons. The first kappa shape index (κ1) is 107. The van der Waals surface area contributed by atoms with Crippen molar-refractivity contribution in [3.05, 3.63) is 107 Å². The molecule has 19 N–H and O–H groups in total. The monoisotopic (exact) mass is 1780 g/mol. The number of carbonyl (C=O) groups excluding carboxylic acids is 21. The fraction of sp³-hybridized carbons (Fsp3) is 0.494. The second kappa shape index (κ2) is 53.9. The number of nitrogens with two attached hydrogens (primary N) is 2. The van der Waals surface area contributed by atoms with Crippen molar-refractivity contribution < 1.29 is 135 Å². The second-order valence-corrected chi connectivity index (χ2v) is 31.2. The fourth-order valence-electron chi connectivity index (χ4n) is 12.9. The molecule has 1 aromatic heterocycles. The Balaban J connectivity index is 0.00000673. The number of carbonyl (C=O) groups is 19. The number of unbranched alkanes of at least 4 members (excludes halogenated alkanes) is 2. The molecule has 1 saturated heterocycles. The molecule has 0 bridgehead atoms. The first-order valence-electron chi connectivity index (χ1n) is 40.5. The van der Waals surface area contributed by atoms with Crippen LogP contribution in [0.15, 0.2) is 85.1 Å². The summed E-state index contributed by atoms with van der Waals surface area (Å²) in [4.78, 5) is 299. The third-order valence-corrected chi connectivity index (χ3v) is 19.7. The van der Waals surface area contributed by atoms with E-state index in [-0.39, 0.29) is 42.9 Å². The fourth-order valence-corrected chi connectivity index (χ4v) is 12.9. The van der Waals surface area contributed by atoms with E-state index in [9.17, 15) is 106 Å². The first-order valence-corrected chi connectivity index (χ1v) is 40.5. The van der Waals surface area contributed by atoms with E-state index in [4.69, 9.17) is 40.1 Å². The summed E-state index contributed by atoms with van der Waals surface area (Å²) in [6.45, 7) is 10.9. The number of nitrogens with one attached hydrogen (secondary N) is 12. The van der Waals surface area contributed by atoms with Crippen molar-refractivity contribution in [2.45, 2.75) is 219 Å². The van der Waals surface area contributed by atoms with Crippen molar-refractivity contribution in [1.29, 1.82) is 0 Å². The van der Waals surface area contributed by atoms with Gasteiger partial charge >= 0.3 is 36.3 Å². The molecule has 127 heavy (non-hydrogen) atoms. The third-order valence-electron chi connectivity index (χ3n) is 19.7. The Bertz CT molecular complexity index is 4690. The van der Waals surface area contributed by atoms with E-state index in [0.717, 1.165) is 38.2 Å². The predicted molar refractivity (Wildman–Crippen MR) is 447 cm³/mol. The number of aliphatic hydroxyl groups excluding tert-OH is 1. The Morgan fingerprint density at radius 1 is 0.654 bits per heavy atom. The molecule has 1 aliphatic rings. The maximum atomic E-state index is 14.9. The quantitative estimate of drug-likeness (QED) is 0.0102. The van der Waals surface area contributed by atoms with Crippen molar-refractivity contribution in [2.24, 2.45) is 29.4 Å². The number of primary amides is 1. The lowest BCUT2D eigenvalue weighted by molar-refractivity contribution is -0.193. The second-order valence-electron chi connectivity index (χ2n) is 31.2. The average molecular weight is 1780 g/mol. The van der Waals surface area contributed by atoms with Gasteiger partial charge in [0, 0.05) is 97.3 Å². The van der Waals surface area contributed by atoms with Crippen LogP contribution in [-0.4, -0.2) is 231 Å². The number of cyclic esters (lactones) is 1. The zero-order valence-corrected chi connectivity index (χ0v) is 72.0. The van der Waals surface area contributed by atoms with Crippen LogP contribution in [0.2, 0.25) is 0 Å². The molecule has 0 spiro atoms. The molecule has 2 heterocycles. The van der Waals surface area contributed by atoms with Gasteiger partial charge in [0.15, 0.2) is 23.1 Å². The number of hydrogen-bond acceptors (Lipinski definition) is 27. The molecule has 1 aliphatic heterocycles. The number of para-hydroxylation sites is 2. The summed E-state index contributed by atoms with van der Waals surface area (Å²) in [7, 11) is 0. The highest BCUT2D eigenvalue weighted by Gasteiger charge is 2.41. The van der Waals surface area contributed by atoms with Gasteiger partial charge in [0.2, 0.25) is 65.0 Å². The van der Waals surface area contributed by atoms with Gasteiger partial charge in [-0.25, -0.2) is 9.59 Å². The summed E-state index contributed by atoms with van der Waals surface area (Å²) in [5, 5.41) is 57.0. The Morgan fingerprint density at radius 2 is 1.25 bits per heavy atom. The molecular formula is C85H112N14O28. The van der Waals surface area contributed by atoms with Gasteiger partial charge in [-0.3, -0.25) is 81.5 Å². The van der Waals surface area contributed by atoms with Gasteiger partial charge < -0.3 is 99.7 Å². The zero-order chi connectivity index (χ0) is 95.5. The summed E-state index contributed by atoms with van der Waals surface area (Å²) in [5.41, 5.74) is 14.1. The molecule has 12 amide bonds. The third kappa shape index (κ3) is 38.3. The topological polar surface area (TPSA) is 672 Å². The van der Waals surface area contributed by atoms with Crippen LogP contribution < -0.4 is 70.0 Å². The molecule has 42 heteroatoms. The van der Waals surface area contributed by atoms with E-state index in [1.165, 1.54) is 58.0 Å². The maximum Gasteiger partial charge on any atom is 0.407 e. The minimum absolute atomic E-state index is 0.128. The summed E-state index contributed by atoms with van der Waals surface area (Å²) < 4.78 is 11.1. The molecular weight excluding hydrogens is 1670 g/mol. The van der Waals surface area contributed by atoms with Gasteiger partial charge in [-0.2, -0.15) is 19.2 Å². The number of allylic oxidation sites excluding steroid dienone is 1. The lowest BCUT2D eigenvalue weighted by Crippen LogP contribution is -2.58. The number of hydrogen-bond donors (Lipinski definition) is 17. The molecule has 13 atom stereocenters. The predicted octanol–water partition coefficient (Wildman–Crippen LogP) is -0.165. The molecule has 42 nitrogen and oxygen atoms in total. The molecule has 1 fully saturated rings. The minimum atomic E-state index is -2.22. The number of aromatic nitrogens is 1. The molecule has 0 saturated carbocycles. The number of ether oxygens (including phenoxy) is 2. The number of rotatable bonds is 31. The van der Waals surface area contributed by atoms with E-state index < -0.39 is 267 Å². The maximum absolute atomic E-state index is 14.9. The number of aliphatic hydroxyl groups is 1. The number of nitrogen functional groups attached to an aromatic ring is 1. The van der Waals surface area contributed by atoms with Crippen molar-refractivity contribution in [3.63, 3.8) is 0 Å². The standard InChI is InChI=1S/C83H112N14O24.2CO2/c1-11-12-13-19-49-25-27-50(28-26-49)43(2)32-68(104)92-60(34-51-39-87-56-23-17-15-20-52(51)56)79(116)94-58(37-67(85)103)64(100)31-46(5)75(112)97-73-48(7)120-81(118)61(36-63(99)53-21-14-16-22-55(53)84)96-77(114)54(44(3)33-71(107)108)35-66(102)62(42-98)93-70(106)40-88-76(113)47(6)90-74(111)45(4)30-65(101)59(38-72(109)110)95-78(115)57(91-69(105)41-89-80(73)117)24-18-29-86-82(119)121-83(8,9)10;2*2-1-3/h14-17,20-23,25-28,32,39,44-48,54,57-62,73,87,98H,11-13,18-19,24,29-31,33-38,40-42,84H2,1-10H3,(H2,85,103)(H,86,119)(H,88,113)(H,89,117)(H,90,111)(H,91,105)(H,92,104)(H,93,106)(H,94,116)(H,95,115)(H,96,114)(H,97,112)(H,107,108)(H,109,110);;/b43-32+;;/t44-,45+,46-,47+,48-,54+,57+,58-,59+,60+,61+,62-,73+;;/m1../s1. The first-order chi connectivity index (χ1) is 59.8. The van der Waals surface area contributed by atoms with Gasteiger partial charge in [-0.1, -0.05) is 95.1 Å². The van der Waals surface area contributed by atoms with Gasteiger partial charge in [0.1, 0.15) is 48.0 Å². The number of Topliss-reactive ketones (excluding diaryl/α,β-unsaturated/α-hetero) is 4. The number of benzene rings is 3. The Morgan fingerprint density at radius 3 is 1.85 bits per heavy atom. The number of aromatic amines is 1. The van der Waals surface area contributed by atoms with Gasteiger partial charge in [-0.05, 0) is 114 Å². The summed E-state index contributed by atoms with van der Waals surface area (Å²) in [5.74, 6) is -27.2. The van der Waals surface area contributed by atoms with Crippen LogP contribution in [0.4, 0.5) is 10.5 Å². The Labute approximate surface area is 730 Å². The van der Waals surface area contributed by atoms with Crippen LogP contribution in [0.25, 0.3) is 16.5 Å². The average Bonchev–Trinajstić information content (AvgIpc) is 1.70. The van der Waals surface area contributed by atoms with E-state index in [2.05, 4.69) is 70.4 Å². The lowest BCUT2D eigenvalue weighted by atomic mass is 9.84. The van der Waals surface area contributed by atoms with Crippen LogP contribution in [0.3, 0.4) is 0 Å². The van der Waals surface area contributed by atoms with E-state index in [0.29, 0.717) is 27.6 Å². The zero-order valence-electron chi connectivity index (χ0n) is 72.0. The number of alkyl carbamates (subject to hydrolysis) is 1. The smallest absolute Gasteiger partial charge is 0.407 e. The normalized spacial score (nSPS) is 20.3. The number of esters is 1. The number of carboxylic acid groups (broad SMARTS) is 2. The van der Waals surface area contributed by atoms with Crippen molar-refractivity contribution >= 4 is 147 Å².